The number of anilines is 1. The number of methoxy groups -OCH3 is 2. The quantitative estimate of drug-likeness (QED) is 0.888. The van der Waals surface area contributed by atoms with Crippen molar-refractivity contribution < 1.29 is 23.5 Å². The lowest BCUT2D eigenvalue weighted by atomic mass is 10.1. The Kier molecular flexibility index (Phi) is 5.16. The summed E-state index contributed by atoms with van der Waals surface area (Å²) in [5.74, 6) is 0.503. The van der Waals surface area contributed by atoms with Crippen LogP contribution in [0.1, 0.15) is 39.3 Å². The molecule has 7 nitrogen and oxygen atoms in total. The van der Waals surface area contributed by atoms with Gasteiger partial charge in [0.05, 0.1) is 31.7 Å². The van der Waals surface area contributed by atoms with E-state index in [0.29, 0.717) is 35.8 Å². The molecule has 138 valence electrons. The number of nitrogens with zero attached hydrogens (tertiary/aromatic N) is 1. The maximum atomic E-state index is 12.9. The fraction of sp³-hybridized carbons (Fsp3) is 0.368. The molecular formula is C19H22N2O5. The third-order valence-electron chi connectivity index (χ3n) is 4.46. The highest BCUT2D eigenvalue weighted by molar-refractivity contribution is 6.09. The highest BCUT2D eigenvalue weighted by Gasteiger charge is 2.25. The fourth-order valence-corrected chi connectivity index (χ4v) is 3.03. The molecule has 2 aromatic rings. The van der Waals surface area contributed by atoms with E-state index in [2.05, 4.69) is 5.32 Å². The second kappa shape index (κ2) is 7.51. The lowest BCUT2D eigenvalue weighted by Crippen LogP contribution is -2.29. The number of aryl methyl sites for hydroxylation is 1. The van der Waals surface area contributed by atoms with Gasteiger partial charge in [-0.3, -0.25) is 9.59 Å². The minimum Gasteiger partial charge on any atom is -0.493 e. The monoisotopic (exact) mass is 358 g/mol. The van der Waals surface area contributed by atoms with Crippen molar-refractivity contribution in [1.29, 1.82) is 0 Å². The molecule has 0 aliphatic carbocycles. The first-order chi connectivity index (χ1) is 12.5. The van der Waals surface area contributed by atoms with E-state index in [1.54, 1.807) is 30.0 Å². The maximum Gasteiger partial charge on any atom is 0.291 e. The summed E-state index contributed by atoms with van der Waals surface area (Å²) >= 11 is 0. The molecule has 0 radical (unpaired) electrons. The number of amides is 2. The molecule has 1 aromatic carbocycles. The number of hydrogen-bond acceptors (Lipinski definition) is 5. The molecule has 2 heterocycles. The molecule has 0 saturated carbocycles. The van der Waals surface area contributed by atoms with Gasteiger partial charge in [-0.2, -0.15) is 0 Å². The average Bonchev–Trinajstić information content (AvgIpc) is 3.32. The van der Waals surface area contributed by atoms with Crippen LogP contribution in [0.15, 0.2) is 28.9 Å². The van der Waals surface area contributed by atoms with Crippen LogP contribution in [0.5, 0.6) is 11.5 Å². The summed E-state index contributed by atoms with van der Waals surface area (Å²) in [6.07, 6.45) is 3.41. The Morgan fingerprint density at radius 2 is 1.77 bits per heavy atom. The summed E-state index contributed by atoms with van der Waals surface area (Å²) in [6.45, 7) is 3.19. The van der Waals surface area contributed by atoms with E-state index in [9.17, 15) is 9.59 Å². The van der Waals surface area contributed by atoms with Crippen LogP contribution in [0.3, 0.4) is 0 Å². The van der Waals surface area contributed by atoms with E-state index in [4.69, 9.17) is 13.9 Å². The van der Waals surface area contributed by atoms with Gasteiger partial charge in [-0.1, -0.05) is 0 Å². The molecule has 26 heavy (non-hydrogen) atoms. The molecule has 1 N–H and O–H groups in total. The van der Waals surface area contributed by atoms with Crippen molar-refractivity contribution in [1.82, 2.24) is 4.90 Å². The van der Waals surface area contributed by atoms with E-state index in [1.165, 1.54) is 20.5 Å². The second-order valence-electron chi connectivity index (χ2n) is 6.14. The standard InChI is InChI=1S/C19H22N2O5/c1-12-6-9-26-17(12)18(22)20-14-11-16(25-3)15(24-2)10-13(14)19(23)21-7-4-5-8-21/h6,9-11H,4-5,7-8H2,1-3H3,(H,20,22). The van der Waals surface area contributed by atoms with Gasteiger partial charge in [0, 0.05) is 24.7 Å². The number of hydrogen-bond donors (Lipinski definition) is 1. The van der Waals surface area contributed by atoms with Crippen LogP contribution < -0.4 is 14.8 Å². The van der Waals surface area contributed by atoms with Gasteiger partial charge >= 0.3 is 0 Å². The third-order valence-corrected chi connectivity index (χ3v) is 4.46. The van der Waals surface area contributed by atoms with Gasteiger partial charge in [-0.05, 0) is 31.9 Å². The minimum atomic E-state index is -0.421. The first-order valence-electron chi connectivity index (χ1n) is 8.46. The lowest BCUT2D eigenvalue weighted by molar-refractivity contribution is 0.0793. The number of furan rings is 1. The molecule has 0 atom stereocenters. The van der Waals surface area contributed by atoms with Crippen molar-refractivity contribution in [3.8, 4) is 11.5 Å². The highest BCUT2D eigenvalue weighted by Crippen LogP contribution is 2.34. The molecule has 0 spiro atoms. The molecule has 0 unspecified atom stereocenters. The van der Waals surface area contributed by atoms with Crippen LogP contribution in [0.2, 0.25) is 0 Å². The van der Waals surface area contributed by atoms with E-state index in [-0.39, 0.29) is 11.7 Å². The first kappa shape index (κ1) is 17.8. The third kappa shape index (κ3) is 3.37. The van der Waals surface area contributed by atoms with Crippen molar-refractivity contribution in [3.63, 3.8) is 0 Å². The lowest BCUT2D eigenvalue weighted by Gasteiger charge is -2.20. The number of ether oxygens (including phenoxy) is 2. The van der Waals surface area contributed by atoms with Gasteiger partial charge < -0.3 is 24.1 Å². The Morgan fingerprint density at radius 3 is 2.35 bits per heavy atom. The smallest absolute Gasteiger partial charge is 0.291 e. The van der Waals surface area contributed by atoms with E-state index in [1.807, 2.05) is 0 Å². The number of rotatable bonds is 5. The molecule has 1 aliphatic rings. The molecule has 7 heteroatoms. The molecule has 1 aromatic heterocycles. The van der Waals surface area contributed by atoms with Crippen LogP contribution in [-0.4, -0.2) is 44.0 Å². The van der Waals surface area contributed by atoms with Crippen molar-refractivity contribution >= 4 is 17.5 Å². The van der Waals surface area contributed by atoms with Gasteiger partial charge in [0.1, 0.15) is 0 Å². The Bertz CT molecular complexity index is 821. The molecule has 3 rings (SSSR count). The number of nitrogens with one attached hydrogen (secondary N) is 1. The summed E-state index contributed by atoms with van der Waals surface area (Å²) in [4.78, 5) is 27.2. The molecule has 0 bridgehead atoms. The number of likely N-dealkylation sites (tertiary alicyclic amines) is 1. The van der Waals surface area contributed by atoms with Gasteiger partial charge in [0.25, 0.3) is 11.8 Å². The number of carbonyl (C=O) groups is 2. The van der Waals surface area contributed by atoms with Crippen molar-refractivity contribution in [2.24, 2.45) is 0 Å². The van der Waals surface area contributed by atoms with Crippen LogP contribution in [0.25, 0.3) is 0 Å². The Labute approximate surface area is 151 Å². The van der Waals surface area contributed by atoms with Crippen LogP contribution >= 0.6 is 0 Å². The largest absolute Gasteiger partial charge is 0.493 e. The van der Waals surface area contributed by atoms with Crippen molar-refractivity contribution in [2.75, 3.05) is 32.6 Å². The van der Waals surface area contributed by atoms with Gasteiger partial charge in [0.15, 0.2) is 17.3 Å². The second-order valence-corrected chi connectivity index (χ2v) is 6.14. The molecule has 1 aliphatic heterocycles. The summed E-state index contributed by atoms with van der Waals surface area (Å²) in [5, 5.41) is 2.77. The topological polar surface area (TPSA) is 81.0 Å². The van der Waals surface area contributed by atoms with E-state index in [0.717, 1.165) is 18.4 Å². The number of carbonyl (C=O) groups excluding carboxylic acids is 2. The van der Waals surface area contributed by atoms with E-state index < -0.39 is 5.91 Å². The van der Waals surface area contributed by atoms with Crippen molar-refractivity contribution in [2.45, 2.75) is 19.8 Å². The highest BCUT2D eigenvalue weighted by atomic mass is 16.5. The summed E-state index contributed by atoms with van der Waals surface area (Å²) < 4.78 is 15.9. The first-order valence-corrected chi connectivity index (χ1v) is 8.46. The zero-order valence-electron chi connectivity index (χ0n) is 15.1. The predicted molar refractivity (Wildman–Crippen MR) is 96.1 cm³/mol. The summed E-state index contributed by atoms with van der Waals surface area (Å²) in [6, 6.07) is 4.90. The summed E-state index contributed by atoms with van der Waals surface area (Å²) in [5.41, 5.74) is 1.44. The Balaban J connectivity index is 1.99. The van der Waals surface area contributed by atoms with Crippen LogP contribution in [0.4, 0.5) is 5.69 Å². The SMILES string of the molecule is COc1cc(NC(=O)c2occc2C)c(C(=O)N2CCCC2)cc1OC. The number of benzene rings is 1. The van der Waals surface area contributed by atoms with Crippen LogP contribution in [-0.2, 0) is 0 Å². The predicted octanol–water partition coefficient (Wildman–Crippen LogP) is 3.09. The minimum absolute atomic E-state index is 0.144. The molecule has 1 saturated heterocycles. The van der Waals surface area contributed by atoms with Gasteiger partial charge in [-0.25, -0.2) is 0 Å². The average molecular weight is 358 g/mol. The molecule has 2 amide bonds. The zero-order chi connectivity index (χ0) is 18.7. The normalized spacial score (nSPS) is 13.6. The summed E-state index contributed by atoms with van der Waals surface area (Å²) in [7, 11) is 3.01. The Hall–Kier alpha value is -2.96. The van der Waals surface area contributed by atoms with E-state index >= 15 is 0 Å². The molecule has 1 fully saturated rings. The zero-order valence-corrected chi connectivity index (χ0v) is 15.1. The maximum absolute atomic E-state index is 12.9. The van der Waals surface area contributed by atoms with Crippen molar-refractivity contribution in [3.05, 3.63) is 41.3 Å². The van der Waals surface area contributed by atoms with Gasteiger partial charge in [0.2, 0.25) is 0 Å². The van der Waals surface area contributed by atoms with Crippen LogP contribution in [0, 0.1) is 6.92 Å². The van der Waals surface area contributed by atoms with Gasteiger partial charge in [-0.15, -0.1) is 0 Å². The molecular weight excluding hydrogens is 336 g/mol. The Morgan fingerprint density at radius 1 is 1.12 bits per heavy atom. The fourth-order valence-electron chi connectivity index (χ4n) is 3.03.